The highest BCUT2D eigenvalue weighted by molar-refractivity contribution is 7.98. The van der Waals surface area contributed by atoms with Gasteiger partial charge in [-0.15, -0.1) is 12.4 Å². The van der Waals surface area contributed by atoms with Crippen LogP contribution in [0.25, 0.3) is 0 Å². The molecule has 0 spiro atoms. The molecule has 0 unspecified atom stereocenters. The molecule has 1 aromatic carbocycles. The molecule has 140 valence electrons. The first-order valence-corrected chi connectivity index (χ1v) is 9.49. The average molecular weight is 410 g/mol. The lowest BCUT2D eigenvalue weighted by Gasteiger charge is -2.36. The van der Waals surface area contributed by atoms with Crippen LogP contribution in [0.1, 0.15) is 16.8 Å². The third-order valence-electron chi connectivity index (χ3n) is 3.99. The van der Waals surface area contributed by atoms with Gasteiger partial charge in [0.05, 0.1) is 16.6 Å². The van der Waals surface area contributed by atoms with E-state index in [9.17, 15) is 14.0 Å². The molecule has 2 rings (SSSR count). The molecule has 9 heteroatoms. The number of halogens is 3. The summed E-state index contributed by atoms with van der Waals surface area (Å²) >= 11 is 7.60. The summed E-state index contributed by atoms with van der Waals surface area (Å²) in [4.78, 5) is 28.1. The van der Waals surface area contributed by atoms with Crippen molar-refractivity contribution in [3.05, 3.63) is 34.6 Å². The quantitative estimate of drug-likeness (QED) is 0.809. The fourth-order valence-electron chi connectivity index (χ4n) is 2.57. The number of amides is 2. The second-order valence-electron chi connectivity index (χ2n) is 5.63. The molecule has 1 fully saturated rings. The lowest BCUT2D eigenvalue weighted by atomic mass is 10.1. The predicted octanol–water partition coefficient (Wildman–Crippen LogP) is 2.27. The Balaban J connectivity index is 0.00000312. The number of benzene rings is 1. The van der Waals surface area contributed by atoms with Crippen molar-refractivity contribution in [2.75, 3.05) is 38.2 Å². The molecule has 0 aliphatic carbocycles. The Hall–Kier alpha value is -1.02. The van der Waals surface area contributed by atoms with E-state index >= 15 is 0 Å². The Morgan fingerprint density at radius 2 is 1.88 bits per heavy atom. The van der Waals surface area contributed by atoms with Gasteiger partial charge in [0.1, 0.15) is 5.82 Å². The monoisotopic (exact) mass is 409 g/mol. The zero-order chi connectivity index (χ0) is 17.7. The summed E-state index contributed by atoms with van der Waals surface area (Å²) in [5.41, 5.74) is 6.19. The molecule has 1 heterocycles. The van der Waals surface area contributed by atoms with Crippen LogP contribution in [-0.2, 0) is 4.79 Å². The first-order chi connectivity index (χ1) is 11.4. The number of rotatable bonds is 5. The number of hydrogen-bond acceptors (Lipinski definition) is 4. The van der Waals surface area contributed by atoms with E-state index in [0.29, 0.717) is 32.6 Å². The van der Waals surface area contributed by atoms with E-state index in [2.05, 4.69) is 0 Å². The van der Waals surface area contributed by atoms with Gasteiger partial charge in [-0.05, 0) is 36.6 Å². The Bertz CT molecular complexity index is 613. The predicted molar refractivity (Wildman–Crippen MR) is 102 cm³/mol. The SMILES string of the molecule is CSCC[C@H](N)C(=O)N1CCN(C(=O)c2ccc(F)cc2Cl)CC1.Cl. The van der Waals surface area contributed by atoms with Gasteiger partial charge in [0.25, 0.3) is 5.91 Å². The molecule has 5 nitrogen and oxygen atoms in total. The highest BCUT2D eigenvalue weighted by atomic mass is 35.5. The molecule has 2 N–H and O–H groups in total. The summed E-state index contributed by atoms with van der Waals surface area (Å²) < 4.78 is 13.1. The van der Waals surface area contributed by atoms with E-state index in [0.717, 1.165) is 11.8 Å². The van der Waals surface area contributed by atoms with Crippen LogP contribution in [0.4, 0.5) is 4.39 Å². The molecular formula is C16H22Cl2FN3O2S. The van der Waals surface area contributed by atoms with Crippen LogP contribution in [0.15, 0.2) is 18.2 Å². The molecule has 1 saturated heterocycles. The average Bonchev–Trinajstić information content (AvgIpc) is 2.58. The fourth-order valence-corrected chi connectivity index (χ4v) is 3.30. The van der Waals surface area contributed by atoms with Gasteiger partial charge < -0.3 is 15.5 Å². The van der Waals surface area contributed by atoms with Crippen LogP contribution >= 0.6 is 35.8 Å². The van der Waals surface area contributed by atoms with Crippen molar-refractivity contribution >= 4 is 47.6 Å². The van der Waals surface area contributed by atoms with E-state index in [1.165, 1.54) is 12.1 Å². The van der Waals surface area contributed by atoms with Crippen LogP contribution in [0.2, 0.25) is 5.02 Å². The number of piperazine rings is 1. The molecule has 0 bridgehead atoms. The van der Waals surface area contributed by atoms with E-state index < -0.39 is 11.9 Å². The van der Waals surface area contributed by atoms with Crippen LogP contribution < -0.4 is 5.73 Å². The van der Waals surface area contributed by atoms with Gasteiger partial charge >= 0.3 is 0 Å². The summed E-state index contributed by atoms with van der Waals surface area (Å²) in [6.45, 7) is 1.70. The molecule has 2 amide bonds. The standard InChI is InChI=1S/C16H21ClFN3O2S.ClH/c1-24-9-4-14(19)16(23)21-7-5-20(6-8-21)15(22)12-3-2-11(18)10-13(12)17;/h2-3,10,14H,4-9,19H2,1H3;1H/t14-;/m0./s1. The Morgan fingerprint density at radius 1 is 1.28 bits per heavy atom. The van der Waals surface area contributed by atoms with Crippen LogP contribution in [0.5, 0.6) is 0 Å². The van der Waals surface area contributed by atoms with Gasteiger partial charge in [0.2, 0.25) is 5.91 Å². The lowest BCUT2D eigenvalue weighted by Crippen LogP contribution is -2.54. The van der Waals surface area contributed by atoms with E-state index in [1.54, 1.807) is 21.6 Å². The maximum atomic E-state index is 13.1. The number of carbonyl (C=O) groups is 2. The van der Waals surface area contributed by atoms with Crippen molar-refractivity contribution in [3.63, 3.8) is 0 Å². The van der Waals surface area contributed by atoms with Crippen molar-refractivity contribution in [2.45, 2.75) is 12.5 Å². The molecule has 0 saturated carbocycles. The van der Waals surface area contributed by atoms with Gasteiger partial charge in [-0.3, -0.25) is 9.59 Å². The highest BCUT2D eigenvalue weighted by Crippen LogP contribution is 2.20. The minimum absolute atomic E-state index is 0. The second kappa shape index (κ2) is 10.2. The Kier molecular flexibility index (Phi) is 8.99. The minimum atomic E-state index is -0.494. The summed E-state index contributed by atoms with van der Waals surface area (Å²) in [6, 6.07) is 3.23. The zero-order valence-corrected chi connectivity index (χ0v) is 16.3. The molecule has 25 heavy (non-hydrogen) atoms. The van der Waals surface area contributed by atoms with Crippen molar-refractivity contribution in [1.82, 2.24) is 9.80 Å². The van der Waals surface area contributed by atoms with Gasteiger partial charge in [0, 0.05) is 26.2 Å². The van der Waals surface area contributed by atoms with Crippen molar-refractivity contribution in [2.24, 2.45) is 5.73 Å². The van der Waals surface area contributed by atoms with Crippen LogP contribution in [0.3, 0.4) is 0 Å². The topological polar surface area (TPSA) is 66.6 Å². The van der Waals surface area contributed by atoms with Crippen LogP contribution in [-0.4, -0.2) is 65.8 Å². The van der Waals surface area contributed by atoms with Crippen molar-refractivity contribution < 1.29 is 14.0 Å². The molecule has 0 radical (unpaired) electrons. The fraction of sp³-hybridized carbons (Fsp3) is 0.500. The molecule has 1 atom stereocenters. The highest BCUT2D eigenvalue weighted by Gasteiger charge is 2.28. The summed E-state index contributed by atoms with van der Waals surface area (Å²) in [7, 11) is 0. The van der Waals surface area contributed by atoms with Crippen molar-refractivity contribution in [3.8, 4) is 0 Å². The number of carbonyl (C=O) groups excluding carboxylic acids is 2. The molecule has 1 aliphatic rings. The number of hydrogen-bond donors (Lipinski definition) is 1. The largest absolute Gasteiger partial charge is 0.338 e. The maximum absolute atomic E-state index is 13.1. The third kappa shape index (κ3) is 5.74. The van der Waals surface area contributed by atoms with Crippen LogP contribution in [0, 0.1) is 5.82 Å². The Labute approximate surface area is 162 Å². The zero-order valence-electron chi connectivity index (χ0n) is 13.9. The smallest absolute Gasteiger partial charge is 0.255 e. The maximum Gasteiger partial charge on any atom is 0.255 e. The van der Waals surface area contributed by atoms with Gasteiger partial charge in [0.15, 0.2) is 0 Å². The summed E-state index contributed by atoms with van der Waals surface area (Å²) in [5, 5.41) is 0.0950. The lowest BCUT2D eigenvalue weighted by molar-refractivity contribution is -0.134. The van der Waals surface area contributed by atoms with Gasteiger partial charge in [-0.1, -0.05) is 11.6 Å². The first kappa shape index (κ1) is 22.0. The Morgan fingerprint density at radius 3 is 2.44 bits per heavy atom. The molecule has 1 aromatic rings. The van der Waals surface area contributed by atoms with Gasteiger partial charge in [-0.2, -0.15) is 11.8 Å². The third-order valence-corrected chi connectivity index (χ3v) is 4.95. The number of thioether (sulfide) groups is 1. The number of nitrogens with zero attached hydrogens (tertiary/aromatic N) is 2. The molecular weight excluding hydrogens is 388 g/mol. The van der Waals surface area contributed by atoms with E-state index in [1.807, 2.05) is 6.26 Å². The second-order valence-corrected chi connectivity index (χ2v) is 7.02. The van der Waals surface area contributed by atoms with Crippen molar-refractivity contribution in [1.29, 1.82) is 0 Å². The van der Waals surface area contributed by atoms with E-state index in [-0.39, 0.29) is 34.8 Å². The molecule has 1 aliphatic heterocycles. The van der Waals surface area contributed by atoms with Gasteiger partial charge in [-0.25, -0.2) is 4.39 Å². The summed E-state index contributed by atoms with van der Waals surface area (Å²) in [6.07, 6.45) is 2.62. The number of nitrogens with two attached hydrogens (primary N) is 1. The first-order valence-electron chi connectivity index (χ1n) is 7.71. The van der Waals surface area contributed by atoms with E-state index in [4.69, 9.17) is 17.3 Å². The summed E-state index contributed by atoms with van der Waals surface area (Å²) in [5.74, 6) is 0.0370. The minimum Gasteiger partial charge on any atom is -0.338 e. The normalized spacial score (nSPS) is 15.5. The molecule has 0 aromatic heterocycles.